The Kier molecular flexibility index (Phi) is 4.67. The van der Waals surface area contributed by atoms with Gasteiger partial charge in [0.25, 0.3) is 0 Å². The first-order valence-corrected chi connectivity index (χ1v) is 8.10. The van der Waals surface area contributed by atoms with E-state index >= 15 is 0 Å². The topological polar surface area (TPSA) is 58.2 Å². The van der Waals surface area contributed by atoms with E-state index in [0.717, 1.165) is 12.1 Å². The first-order valence-electron chi connectivity index (χ1n) is 7.35. The lowest BCUT2D eigenvalue weighted by Crippen LogP contribution is -2.35. The van der Waals surface area contributed by atoms with Crippen LogP contribution in [0.5, 0.6) is 0 Å². The molecule has 2 aromatic carbocycles. The molecular weight excluding hydrogens is 373 g/mol. The van der Waals surface area contributed by atoms with Gasteiger partial charge in [0.05, 0.1) is 10.0 Å². The standard InChI is InChI=1S/C17H12Cl2F2N2O2/c18-11-7-9(1-3-13(11)20)22-15(24)17(5-6-17)16(25)23-10-2-4-14(21)12(19)8-10/h1-4,7-8H,5-6H2,(H,22,24)(H,23,25). The van der Waals surface area contributed by atoms with Gasteiger partial charge in [-0.15, -0.1) is 0 Å². The van der Waals surface area contributed by atoms with Crippen LogP contribution in [0.4, 0.5) is 20.2 Å². The molecule has 1 aliphatic carbocycles. The van der Waals surface area contributed by atoms with Gasteiger partial charge in [0, 0.05) is 11.4 Å². The van der Waals surface area contributed by atoms with Gasteiger partial charge in [-0.1, -0.05) is 23.2 Å². The Balaban J connectivity index is 1.72. The third-order valence-electron chi connectivity index (χ3n) is 3.97. The summed E-state index contributed by atoms with van der Waals surface area (Å²) in [4.78, 5) is 24.9. The first kappa shape index (κ1) is 17.6. The van der Waals surface area contributed by atoms with E-state index in [0.29, 0.717) is 24.2 Å². The van der Waals surface area contributed by atoms with E-state index in [9.17, 15) is 18.4 Å². The van der Waals surface area contributed by atoms with E-state index in [2.05, 4.69) is 10.6 Å². The lowest BCUT2D eigenvalue weighted by Gasteiger charge is -2.16. The maximum absolute atomic E-state index is 13.2. The molecule has 1 saturated carbocycles. The van der Waals surface area contributed by atoms with Crippen LogP contribution in [0.3, 0.4) is 0 Å². The van der Waals surface area contributed by atoms with E-state index in [4.69, 9.17) is 23.2 Å². The summed E-state index contributed by atoms with van der Waals surface area (Å²) in [5.74, 6) is -2.24. The zero-order valence-corrected chi connectivity index (χ0v) is 14.2. The SMILES string of the molecule is O=C(Nc1ccc(F)c(Cl)c1)C1(C(=O)Nc2ccc(F)c(Cl)c2)CC1. The summed E-state index contributed by atoms with van der Waals surface area (Å²) >= 11 is 11.4. The number of nitrogens with one attached hydrogen (secondary N) is 2. The lowest BCUT2D eigenvalue weighted by molar-refractivity contribution is -0.131. The molecule has 130 valence electrons. The van der Waals surface area contributed by atoms with Crippen LogP contribution in [0.25, 0.3) is 0 Å². The second-order valence-corrected chi connectivity index (χ2v) is 6.56. The molecule has 4 nitrogen and oxygen atoms in total. The maximum Gasteiger partial charge on any atom is 0.240 e. The summed E-state index contributed by atoms with van der Waals surface area (Å²) in [6.45, 7) is 0. The summed E-state index contributed by atoms with van der Waals surface area (Å²) in [5.41, 5.74) is -0.637. The molecule has 0 unspecified atom stereocenters. The molecule has 0 heterocycles. The van der Waals surface area contributed by atoms with Gasteiger partial charge in [0.15, 0.2) is 0 Å². The summed E-state index contributed by atoms with van der Waals surface area (Å²) in [5, 5.41) is 4.86. The molecule has 0 radical (unpaired) electrons. The van der Waals surface area contributed by atoms with E-state index in [-0.39, 0.29) is 10.0 Å². The monoisotopic (exact) mass is 384 g/mol. The molecule has 0 atom stereocenters. The van der Waals surface area contributed by atoms with E-state index < -0.39 is 28.9 Å². The highest BCUT2D eigenvalue weighted by Gasteiger charge is 2.56. The molecule has 2 aromatic rings. The van der Waals surface area contributed by atoms with E-state index in [1.165, 1.54) is 24.3 Å². The Morgan fingerprint density at radius 2 is 1.24 bits per heavy atom. The fourth-order valence-corrected chi connectivity index (χ4v) is 2.69. The minimum Gasteiger partial charge on any atom is -0.325 e. The normalized spacial score (nSPS) is 14.7. The van der Waals surface area contributed by atoms with Crippen molar-refractivity contribution in [3.05, 3.63) is 58.1 Å². The Labute approximate surface area is 152 Å². The fourth-order valence-electron chi connectivity index (χ4n) is 2.33. The van der Waals surface area contributed by atoms with Crippen molar-refractivity contribution >= 4 is 46.4 Å². The molecule has 0 aliphatic heterocycles. The highest BCUT2D eigenvalue weighted by Crippen LogP contribution is 2.47. The van der Waals surface area contributed by atoms with Crippen LogP contribution in [0.1, 0.15) is 12.8 Å². The van der Waals surface area contributed by atoms with Gasteiger partial charge in [-0.3, -0.25) is 9.59 Å². The van der Waals surface area contributed by atoms with Gasteiger partial charge in [-0.25, -0.2) is 8.78 Å². The number of rotatable bonds is 4. The van der Waals surface area contributed by atoms with Crippen LogP contribution in [-0.2, 0) is 9.59 Å². The lowest BCUT2D eigenvalue weighted by atomic mass is 10.0. The zero-order chi connectivity index (χ0) is 18.2. The van der Waals surface area contributed by atoms with Crippen LogP contribution in [0, 0.1) is 17.0 Å². The van der Waals surface area contributed by atoms with Crippen LogP contribution >= 0.6 is 23.2 Å². The van der Waals surface area contributed by atoms with Crippen molar-refractivity contribution in [1.29, 1.82) is 0 Å². The van der Waals surface area contributed by atoms with Crippen molar-refractivity contribution in [2.24, 2.45) is 5.41 Å². The predicted octanol–water partition coefficient (Wildman–Crippen LogP) is 4.63. The van der Waals surface area contributed by atoms with Crippen molar-refractivity contribution in [1.82, 2.24) is 0 Å². The van der Waals surface area contributed by atoms with E-state index in [1.54, 1.807) is 0 Å². The van der Waals surface area contributed by atoms with Gasteiger partial charge in [0.1, 0.15) is 17.0 Å². The molecule has 0 spiro atoms. The molecular formula is C17H12Cl2F2N2O2. The predicted molar refractivity (Wildman–Crippen MR) is 91.7 cm³/mol. The molecule has 0 saturated heterocycles. The second-order valence-electron chi connectivity index (χ2n) is 5.75. The number of anilines is 2. The zero-order valence-electron chi connectivity index (χ0n) is 12.7. The third-order valence-corrected chi connectivity index (χ3v) is 4.55. The number of carbonyl (C=O) groups excluding carboxylic acids is 2. The van der Waals surface area contributed by atoms with Crippen molar-refractivity contribution in [2.75, 3.05) is 10.6 Å². The van der Waals surface area contributed by atoms with Crippen LogP contribution < -0.4 is 10.6 Å². The number of benzene rings is 2. The van der Waals surface area contributed by atoms with Gasteiger partial charge in [-0.2, -0.15) is 0 Å². The number of halogens is 4. The molecule has 1 aliphatic rings. The van der Waals surface area contributed by atoms with Crippen molar-refractivity contribution < 1.29 is 18.4 Å². The minimum atomic E-state index is -1.22. The molecule has 1 fully saturated rings. The summed E-state index contributed by atoms with van der Waals surface area (Å²) in [7, 11) is 0. The number of hydrogen-bond donors (Lipinski definition) is 2. The van der Waals surface area contributed by atoms with E-state index in [1.807, 2.05) is 0 Å². The largest absolute Gasteiger partial charge is 0.325 e. The average Bonchev–Trinajstić information content (AvgIpc) is 3.36. The maximum atomic E-state index is 13.2. The minimum absolute atomic E-state index is 0.131. The molecule has 25 heavy (non-hydrogen) atoms. The molecule has 8 heteroatoms. The van der Waals surface area contributed by atoms with Gasteiger partial charge < -0.3 is 10.6 Å². The van der Waals surface area contributed by atoms with Gasteiger partial charge >= 0.3 is 0 Å². The van der Waals surface area contributed by atoms with Crippen molar-refractivity contribution in [2.45, 2.75) is 12.8 Å². The van der Waals surface area contributed by atoms with Gasteiger partial charge in [-0.05, 0) is 49.2 Å². The molecule has 0 bridgehead atoms. The first-order chi connectivity index (χ1) is 11.8. The Morgan fingerprint density at radius 1 is 0.840 bits per heavy atom. The number of amides is 2. The Morgan fingerprint density at radius 3 is 1.56 bits per heavy atom. The molecule has 3 rings (SSSR count). The Hall–Kier alpha value is -2.18. The Bertz CT molecular complexity index is 802. The van der Waals surface area contributed by atoms with Crippen LogP contribution in [-0.4, -0.2) is 11.8 Å². The quantitative estimate of drug-likeness (QED) is 0.755. The average molecular weight is 385 g/mol. The van der Waals surface area contributed by atoms with Crippen molar-refractivity contribution in [3.8, 4) is 0 Å². The smallest absolute Gasteiger partial charge is 0.240 e. The highest BCUT2D eigenvalue weighted by atomic mass is 35.5. The fraction of sp³-hybridized carbons (Fsp3) is 0.176. The number of carbonyl (C=O) groups is 2. The number of hydrogen-bond acceptors (Lipinski definition) is 2. The van der Waals surface area contributed by atoms with Gasteiger partial charge in [0.2, 0.25) is 11.8 Å². The van der Waals surface area contributed by atoms with Crippen LogP contribution in [0.2, 0.25) is 10.0 Å². The summed E-state index contributed by atoms with van der Waals surface area (Å²) in [6, 6.07) is 7.49. The highest BCUT2D eigenvalue weighted by molar-refractivity contribution is 6.31. The summed E-state index contributed by atoms with van der Waals surface area (Å²) in [6.07, 6.45) is 0.739. The second kappa shape index (κ2) is 6.61. The third kappa shape index (κ3) is 3.60. The summed E-state index contributed by atoms with van der Waals surface area (Å²) < 4.78 is 26.3. The molecule has 0 aromatic heterocycles. The van der Waals surface area contributed by atoms with Crippen molar-refractivity contribution in [3.63, 3.8) is 0 Å². The van der Waals surface area contributed by atoms with Crippen LogP contribution in [0.15, 0.2) is 36.4 Å². The molecule has 2 amide bonds. The molecule has 2 N–H and O–H groups in total.